The van der Waals surface area contributed by atoms with Gasteiger partial charge in [-0.1, -0.05) is 20.8 Å². The molecule has 90 valence electrons. The van der Waals surface area contributed by atoms with Crippen molar-refractivity contribution in [1.29, 1.82) is 0 Å². The smallest absolute Gasteiger partial charge is 0.235 e. The van der Waals surface area contributed by atoms with Gasteiger partial charge in [-0.15, -0.1) is 0 Å². The quantitative estimate of drug-likeness (QED) is 0.669. The Morgan fingerprint density at radius 2 is 2.06 bits per heavy atom. The number of piperidine rings is 1. The second kappa shape index (κ2) is 3.84. The molecule has 2 aliphatic heterocycles. The predicted molar refractivity (Wildman–Crippen MR) is 60.7 cm³/mol. The number of amides is 2. The lowest BCUT2D eigenvalue weighted by Gasteiger charge is -2.36. The summed E-state index contributed by atoms with van der Waals surface area (Å²) in [5.74, 6) is 0.376. The summed E-state index contributed by atoms with van der Waals surface area (Å²) in [6.07, 6.45) is 1.25. The molecule has 2 rings (SSSR count). The van der Waals surface area contributed by atoms with Crippen molar-refractivity contribution in [3.05, 3.63) is 0 Å². The van der Waals surface area contributed by atoms with E-state index in [1.807, 2.05) is 13.8 Å². The number of rotatable bonds is 1. The van der Waals surface area contributed by atoms with Gasteiger partial charge in [-0.05, 0) is 25.4 Å². The van der Waals surface area contributed by atoms with Gasteiger partial charge in [0.1, 0.15) is 0 Å². The van der Waals surface area contributed by atoms with Crippen molar-refractivity contribution in [3.8, 4) is 0 Å². The molecule has 2 atom stereocenters. The molecule has 0 bridgehead atoms. The van der Waals surface area contributed by atoms with E-state index in [1.165, 1.54) is 4.90 Å². The Labute approximate surface area is 96.4 Å². The molecule has 2 unspecified atom stereocenters. The molecule has 2 aliphatic rings. The molecule has 2 heterocycles. The molecular weight excluding hydrogens is 204 g/mol. The van der Waals surface area contributed by atoms with E-state index in [-0.39, 0.29) is 17.9 Å². The fourth-order valence-electron chi connectivity index (χ4n) is 2.70. The Hall–Kier alpha value is -0.900. The summed E-state index contributed by atoms with van der Waals surface area (Å²) in [5.41, 5.74) is -0.498. The highest BCUT2D eigenvalue weighted by atomic mass is 16.2. The lowest BCUT2D eigenvalue weighted by molar-refractivity contribution is -0.145. The first-order chi connectivity index (χ1) is 7.43. The molecule has 2 fully saturated rings. The second-order valence-corrected chi connectivity index (χ2v) is 5.67. The van der Waals surface area contributed by atoms with Gasteiger partial charge in [0.25, 0.3) is 0 Å². The van der Waals surface area contributed by atoms with E-state index in [2.05, 4.69) is 12.2 Å². The van der Waals surface area contributed by atoms with Crippen LogP contribution in [0, 0.1) is 11.3 Å². The van der Waals surface area contributed by atoms with Gasteiger partial charge in [0.05, 0.1) is 5.41 Å². The van der Waals surface area contributed by atoms with Crippen molar-refractivity contribution in [2.24, 2.45) is 11.3 Å². The molecule has 16 heavy (non-hydrogen) atoms. The Bertz CT molecular complexity index is 325. The number of carbonyl (C=O) groups excluding carboxylic acids is 2. The first kappa shape index (κ1) is 11.6. The zero-order chi connectivity index (χ0) is 11.9. The number of nitrogens with one attached hydrogen (secondary N) is 1. The molecule has 4 nitrogen and oxygen atoms in total. The summed E-state index contributed by atoms with van der Waals surface area (Å²) < 4.78 is 0. The van der Waals surface area contributed by atoms with Crippen molar-refractivity contribution >= 4 is 11.8 Å². The third kappa shape index (κ3) is 1.75. The fourth-order valence-corrected chi connectivity index (χ4v) is 2.70. The molecule has 2 saturated heterocycles. The van der Waals surface area contributed by atoms with E-state index in [0.717, 1.165) is 19.5 Å². The lowest BCUT2D eigenvalue weighted by Crippen LogP contribution is -2.51. The van der Waals surface area contributed by atoms with Gasteiger partial charge in [0, 0.05) is 12.5 Å². The predicted octanol–water partition coefficient (Wildman–Crippen LogP) is 0.769. The number of carbonyl (C=O) groups is 2. The molecule has 0 aromatic carbocycles. The number of hydrogen-bond donors (Lipinski definition) is 1. The van der Waals surface area contributed by atoms with Crippen LogP contribution in [0.25, 0.3) is 0 Å². The molecule has 1 N–H and O–H groups in total. The Morgan fingerprint density at radius 3 is 2.56 bits per heavy atom. The van der Waals surface area contributed by atoms with Crippen LogP contribution in [-0.4, -0.2) is 35.8 Å². The zero-order valence-electron chi connectivity index (χ0n) is 10.2. The van der Waals surface area contributed by atoms with Crippen molar-refractivity contribution in [2.75, 3.05) is 13.1 Å². The topological polar surface area (TPSA) is 49.4 Å². The summed E-state index contributed by atoms with van der Waals surface area (Å²) in [6, 6.07) is 0.100. The normalized spacial score (nSPS) is 34.6. The van der Waals surface area contributed by atoms with E-state index in [0.29, 0.717) is 12.3 Å². The molecule has 0 aliphatic carbocycles. The SMILES string of the molecule is CC1CNCCC1N1C(=O)CC(C)(C)C1=O. The molecule has 0 spiro atoms. The second-order valence-electron chi connectivity index (χ2n) is 5.67. The van der Waals surface area contributed by atoms with E-state index >= 15 is 0 Å². The Balaban J connectivity index is 2.20. The van der Waals surface area contributed by atoms with Crippen molar-refractivity contribution in [2.45, 2.75) is 39.7 Å². The highest BCUT2D eigenvalue weighted by Gasteiger charge is 2.48. The van der Waals surface area contributed by atoms with Crippen LogP contribution < -0.4 is 5.32 Å². The first-order valence-corrected chi connectivity index (χ1v) is 6.01. The van der Waals surface area contributed by atoms with Gasteiger partial charge in [0.2, 0.25) is 11.8 Å². The summed E-state index contributed by atoms with van der Waals surface area (Å²) >= 11 is 0. The minimum atomic E-state index is -0.498. The summed E-state index contributed by atoms with van der Waals surface area (Å²) in [5, 5.41) is 3.29. The third-order valence-corrected chi connectivity index (χ3v) is 3.73. The number of likely N-dealkylation sites (tertiary alicyclic amines) is 1. The molecule has 4 heteroatoms. The van der Waals surface area contributed by atoms with Crippen LogP contribution in [0.4, 0.5) is 0 Å². The third-order valence-electron chi connectivity index (χ3n) is 3.73. The van der Waals surface area contributed by atoms with E-state index in [1.54, 1.807) is 0 Å². The van der Waals surface area contributed by atoms with Gasteiger partial charge in [0.15, 0.2) is 0 Å². The molecule has 0 aromatic heterocycles. The van der Waals surface area contributed by atoms with E-state index in [4.69, 9.17) is 0 Å². The van der Waals surface area contributed by atoms with Crippen LogP contribution in [0.5, 0.6) is 0 Å². The van der Waals surface area contributed by atoms with Gasteiger partial charge in [-0.2, -0.15) is 0 Å². The van der Waals surface area contributed by atoms with Crippen LogP contribution >= 0.6 is 0 Å². The zero-order valence-corrected chi connectivity index (χ0v) is 10.2. The summed E-state index contributed by atoms with van der Waals surface area (Å²) in [7, 11) is 0. The highest BCUT2D eigenvalue weighted by molar-refractivity contribution is 6.05. The van der Waals surface area contributed by atoms with Crippen LogP contribution in [0.15, 0.2) is 0 Å². The van der Waals surface area contributed by atoms with E-state index in [9.17, 15) is 9.59 Å². The molecule has 0 saturated carbocycles. The van der Waals surface area contributed by atoms with Crippen LogP contribution in [0.3, 0.4) is 0 Å². The molecular formula is C12H20N2O2. The molecule has 2 amide bonds. The summed E-state index contributed by atoms with van der Waals surface area (Å²) in [6.45, 7) is 7.61. The number of nitrogens with zero attached hydrogens (tertiary/aromatic N) is 1. The van der Waals surface area contributed by atoms with Crippen molar-refractivity contribution in [1.82, 2.24) is 10.2 Å². The highest BCUT2D eigenvalue weighted by Crippen LogP contribution is 2.35. The van der Waals surface area contributed by atoms with Gasteiger partial charge >= 0.3 is 0 Å². The number of hydrogen-bond acceptors (Lipinski definition) is 3. The minimum absolute atomic E-state index is 0.00810. The minimum Gasteiger partial charge on any atom is -0.316 e. The Kier molecular flexibility index (Phi) is 2.78. The average Bonchev–Trinajstić information content (AvgIpc) is 2.39. The lowest BCUT2D eigenvalue weighted by atomic mass is 9.91. The monoisotopic (exact) mass is 224 g/mol. The Morgan fingerprint density at radius 1 is 1.38 bits per heavy atom. The van der Waals surface area contributed by atoms with Gasteiger partial charge in [-0.25, -0.2) is 0 Å². The largest absolute Gasteiger partial charge is 0.316 e. The maximum absolute atomic E-state index is 12.2. The maximum atomic E-state index is 12.2. The van der Waals surface area contributed by atoms with E-state index < -0.39 is 5.41 Å². The maximum Gasteiger partial charge on any atom is 0.235 e. The average molecular weight is 224 g/mol. The van der Waals surface area contributed by atoms with Crippen molar-refractivity contribution < 1.29 is 9.59 Å². The first-order valence-electron chi connectivity index (χ1n) is 6.01. The van der Waals surface area contributed by atoms with Gasteiger partial charge < -0.3 is 5.32 Å². The van der Waals surface area contributed by atoms with Gasteiger partial charge in [-0.3, -0.25) is 14.5 Å². The summed E-state index contributed by atoms with van der Waals surface area (Å²) in [4.78, 5) is 25.6. The molecule has 0 radical (unpaired) electrons. The van der Waals surface area contributed by atoms with Crippen molar-refractivity contribution in [3.63, 3.8) is 0 Å². The van der Waals surface area contributed by atoms with Crippen LogP contribution in [0.1, 0.15) is 33.6 Å². The number of imide groups is 1. The van der Waals surface area contributed by atoms with Crippen LogP contribution in [0.2, 0.25) is 0 Å². The fraction of sp³-hybridized carbons (Fsp3) is 0.833. The standard InChI is InChI=1S/C12H20N2O2/c1-8-7-13-5-4-9(8)14-10(15)6-12(2,3)11(14)16/h8-9,13H,4-7H2,1-3H3. The molecule has 0 aromatic rings. The van der Waals surface area contributed by atoms with Crippen LogP contribution in [-0.2, 0) is 9.59 Å².